The van der Waals surface area contributed by atoms with E-state index in [0.717, 1.165) is 24.4 Å². The number of carbonyl (C=O) groups excluding carboxylic acids is 1. The molecule has 1 aliphatic rings. The van der Waals surface area contributed by atoms with Gasteiger partial charge in [0.25, 0.3) is 0 Å². The van der Waals surface area contributed by atoms with Crippen molar-refractivity contribution in [2.24, 2.45) is 5.92 Å². The Hall–Kier alpha value is -1.06. The van der Waals surface area contributed by atoms with Crippen LogP contribution in [0.15, 0.2) is 18.2 Å². The number of rotatable bonds is 5. The highest BCUT2D eigenvalue weighted by Gasteiger charge is 2.20. The number of carbonyl (C=O) groups is 1. The van der Waals surface area contributed by atoms with Crippen molar-refractivity contribution in [3.63, 3.8) is 0 Å². The van der Waals surface area contributed by atoms with Gasteiger partial charge in [-0.1, -0.05) is 31.5 Å². The number of fused-ring (bicyclic) bond motifs is 1. The minimum Gasteiger partial charge on any atom is -0.355 e. The van der Waals surface area contributed by atoms with Crippen molar-refractivity contribution in [2.75, 3.05) is 13.1 Å². The Morgan fingerprint density at radius 1 is 1.32 bits per heavy atom. The molecule has 0 aliphatic heterocycles. The van der Waals surface area contributed by atoms with Crippen LogP contribution in [-0.2, 0) is 17.6 Å². The van der Waals surface area contributed by atoms with E-state index in [0.29, 0.717) is 12.6 Å². The van der Waals surface area contributed by atoms with Gasteiger partial charge in [-0.25, -0.2) is 0 Å². The molecule has 0 spiro atoms. The molecule has 0 saturated heterocycles. The lowest BCUT2D eigenvalue weighted by Gasteiger charge is -2.13. The largest absolute Gasteiger partial charge is 0.355 e. The molecule has 1 amide bonds. The summed E-state index contributed by atoms with van der Waals surface area (Å²) in [6.07, 6.45) is 2.07. The molecule has 0 bridgehead atoms. The molecule has 1 aromatic carbocycles. The zero-order chi connectivity index (χ0) is 13.8. The standard InChI is InChI=1S/C15H21ClN2O/c1-10(2)15(19)18-6-5-17-14-8-11-3-4-13(16)7-12(11)9-14/h3-4,7,10,14,17H,5-6,8-9H2,1-2H3,(H,18,19). The Labute approximate surface area is 119 Å². The normalized spacial score (nSPS) is 17.6. The molecule has 0 aromatic heterocycles. The third-order valence-electron chi connectivity index (χ3n) is 3.48. The maximum atomic E-state index is 11.4. The Kier molecular flexibility index (Phi) is 4.83. The zero-order valence-corrected chi connectivity index (χ0v) is 12.3. The van der Waals surface area contributed by atoms with Gasteiger partial charge < -0.3 is 10.6 Å². The van der Waals surface area contributed by atoms with Crippen LogP contribution in [0.2, 0.25) is 5.02 Å². The molecule has 104 valence electrons. The van der Waals surface area contributed by atoms with Gasteiger partial charge in [0, 0.05) is 30.1 Å². The molecule has 1 aliphatic carbocycles. The molecule has 1 aromatic rings. The summed E-state index contributed by atoms with van der Waals surface area (Å²) >= 11 is 5.99. The predicted molar refractivity (Wildman–Crippen MR) is 78.5 cm³/mol. The summed E-state index contributed by atoms with van der Waals surface area (Å²) in [4.78, 5) is 11.4. The van der Waals surface area contributed by atoms with Gasteiger partial charge in [-0.05, 0) is 36.1 Å². The molecule has 3 nitrogen and oxygen atoms in total. The number of amides is 1. The van der Waals surface area contributed by atoms with E-state index in [9.17, 15) is 4.79 Å². The van der Waals surface area contributed by atoms with Crippen molar-refractivity contribution in [3.05, 3.63) is 34.3 Å². The molecule has 0 saturated carbocycles. The maximum Gasteiger partial charge on any atom is 0.222 e. The molecule has 0 heterocycles. The molecule has 0 radical (unpaired) electrons. The second-order valence-electron chi connectivity index (χ2n) is 5.42. The first-order chi connectivity index (χ1) is 9.06. The number of nitrogens with one attached hydrogen (secondary N) is 2. The van der Waals surface area contributed by atoms with E-state index in [1.165, 1.54) is 11.1 Å². The quantitative estimate of drug-likeness (QED) is 0.812. The molecular formula is C15H21ClN2O. The van der Waals surface area contributed by atoms with E-state index in [-0.39, 0.29) is 11.8 Å². The lowest BCUT2D eigenvalue weighted by molar-refractivity contribution is -0.123. The van der Waals surface area contributed by atoms with Gasteiger partial charge in [-0.15, -0.1) is 0 Å². The Morgan fingerprint density at radius 3 is 2.79 bits per heavy atom. The minimum absolute atomic E-state index is 0.0536. The van der Waals surface area contributed by atoms with Crippen LogP contribution < -0.4 is 10.6 Å². The van der Waals surface area contributed by atoms with E-state index < -0.39 is 0 Å². The third kappa shape index (κ3) is 3.95. The van der Waals surface area contributed by atoms with E-state index in [1.54, 1.807) is 0 Å². The summed E-state index contributed by atoms with van der Waals surface area (Å²) in [6.45, 7) is 5.30. The Bertz CT molecular complexity index is 459. The van der Waals surface area contributed by atoms with Gasteiger partial charge >= 0.3 is 0 Å². The summed E-state index contributed by atoms with van der Waals surface area (Å²) < 4.78 is 0. The smallest absolute Gasteiger partial charge is 0.222 e. The van der Waals surface area contributed by atoms with Crippen LogP contribution in [0.4, 0.5) is 0 Å². The molecule has 1 atom stereocenters. The van der Waals surface area contributed by atoms with Gasteiger partial charge in [-0.3, -0.25) is 4.79 Å². The Balaban J connectivity index is 1.71. The molecule has 4 heteroatoms. The highest BCUT2D eigenvalue weighted by molar-refractivity contribution is 6.30. The third-order valence-corrected chi connectivity index (χ3v) is 3.72. The van der Waals surface area contributed by atoms with Gasteiger partial charge in [0.05, 0.1) is 0 Å². The average molecular weight is 281 g/mol. The lowest BCUT2D eigenvalue weighted by Crippen LogP contribution is -2.38. The second kappa shape index (κ2) is 6.40. The minimum atomic E-state index is 0.0536. The lowest BCUT2D eigenvalue weighted by atomic mass is 10.1. The highest BCUT2D eigenvalue weighted by atomic mass is 35.5. The van der Waals surface area contributed by atoms with Gasteiger partial charge in [0.1, 0.15) is 0 Å². The number of hydrogen-bond acceptors (Lipinski definition) is 2. The van der Waals surface area contributed by atoms with Crippen molar-refractivity contribution < 1.29 is 4.79 Å². The van der Waals surface area contributed by atoms with Crippen LogP contribution in [0.25, 0.3) is 0 Å². The van der Waals surface area contributed by atoms with E-state index >= 15 is 0 Å². The molecule has 2 rings (SSSR count). The molecule has 1 unspecified atom stereocenters. The fourth-order valence-electron chi connectivity index (χ4n) is 2.40. The van der Waals surface area contributed by atoms with Gasteiger partial charge in [-0.2, -0.15) is 0 Å². The Morgan fingerprint density at radius 2 is 2.05 bits per heavy atom. The van der Waals surface area contributed by atoms with E-state index in [4.69, 9.17) is 11.6 Å². The summed E-state index contributed by atoms with van der Waals surface area (Å²) in [5.41, 5.74) is 2.73. The topological polar surface area (TPSA) is 41.1 Å². The molecular weight excluding hydrogens is 260 g/mol. The summed E-state index contributed by atoms with van der Waals surface area (Å²) in [6, 6.07) is 6.58. The SMILES string of the molecule is CC(C)C(=O)NCCNC1Cc2ccc(Cl)cc2C1. The summed E-state index contributed by atoms with van der Waals surface area (Å²) in [5, 5.41) is 7.21. The molecule has 19 heavy (non-hydrogen) atoms. The number of benzene rings is 1. The van der Waals surface area contributed by atoms with Crippen molar-refractivity contribution in [1.29, 1.82) is 0 Å². The van der Waals surface area contributed by atoms with Crippen molar-refractivity contribution in [2.45, 2.75) is 32.7 Å². The van der Waals surface area contributed by atoms with E-state index in [2.05, 4.69) is 22.8 Å². The fraction of sp³-hybridized carbons (Fsp3) is 0.533. The highest BCUT2D eigenvalue weighted by Crippen LogP contribution is 2.25. The van der Waals surface area contributed by atoms with Crippen molar-refractivity contribution >= 4 is 17.5 Å². The van der Waals surface area contributed by atoms with Crippen LogP contribution in [-0.4, -0.2) is 25.0 Å². The zero-order valence-electron chi connectivity index (χ0n) is 11.5. The number of hydrogen-bond donors (Lipinski definition) is 2. The van der Waals surface area contributed by atoms with Crippen LogP contribution in [0.5, 0.6) is 0 Å². The summed E-state index contributed by atoms with van der Waals surface area (Å²) in [7, 11) is 0. The molecule has 2 N–H and O–H groups in total. The van der Waals surface area contributed by atoms with Crippen molar-refractivity contribution in [1.82, 2.24) is 10.6 Å². The predicted octanol–water partition coefficient (Wildman–Crippen LogP) is 2.17. The van der Waals surface area contributed by atoms with Crippen LogP contribution in [0.1, 0.15) is 25.0 Å². The first kappa shape index (κ1) is 14.4. The summed E-state index contributed by atoms with van der Waals surface area (Å²) in [5.74, 6) is 0.168. The van der Waals surface area contributed by atoms with Gasteiger partial charge in [0.15, 0.2) is 0 Å². The number of halogens is 1. The van der Waals surface area contributed by atoms with Crippen LogP contribution >= 0.6 is 11.6 Å². The van der Waals surface area contributed by atoms with Crippen LogP contribution in [0.3, 0.4) is 0 Å². The second-order valence-corrected chi connectivity index (χ2v) is 5.85. The molecule has 0 fully saturated rings. The first-order valence-electron chi connectivity index (χ1n) is 6.84. The first-order valence-corrected chi connectivity index (χ1v) is 7.22. The maximum absolute atomic E-state index is 11.4. The van der Waals surface area contributed by atoms with Crippen molar-refractivity contribution in [3.8, 4) is 0 Å². The van der Waals surface area contributed by atoms with Crippen LogP contribution in [0, 0.1) is 5.92 Å². The monoisotopic (exact) mass is 280 g/mol. The van der Waals surface area contributed by atoms with Gasteiger partial charge in [0.2, 0.25) is 5.91 Å². The van der Waals surface area contributed by atoms with E-state index in [1.807, 2.05) is 19.9 Å². The average Bonchev–Trinajstić information content (AvgIpc) is 2.75. The fourth-order valence-corrected chi connectivity index (χ4v) is 2.59.